The van der Waals surface area contributed by atoms with Gasteiger partial charge in [0.05, 0.1) is 12.8 Å². The number of fused-ring (bicyclic) bond motifs is 1. The second kappa shape index (κ2) is 6.22. The summed E-state index contributed by atoms with van der Waals surface area (Å²) >= 11 is 0. The van der Waals surface area contributed by atoms with Crippen LogP contribution in [-0.4, -0.2) is 17.1 Å². The molecule has 1 atom stereocenters. The Morgan fingerprint density at radius 2 is 2.24 bits per heavy atom. The van der Waals surface area contributed by atoms with E-state index >= 15 is 0 Å². The Morgan fingerprint density at radius 1 is 1.33 bits per heavy atom. The number of hydrogen-bond donors (Lipinski definition) is 1. The molecule has 1 N–H and O–H groups in total. The first-order valence-electron chi connectivity index (χ1n) is 7.45. The molecule has 110 valence electrons. The highest BCUT2D eigenvalue weighted by atomic mass is 16.5. The van der Waals surface area contributed by atoms with Crippen LogP contribution in [0.3, 0.4) is 0 Å². The number of hydrogen-bond acceptors (Lipinski definition) is 4. The Balaban J connectivity index is 1.73. The fraction of sp³-hybridized carbons (Fsp3) is 0.412. The van der Waals surface area contributed by atoms with E-state index in [4.69, 9.17) is 4.74 Å². The van der Waals surface area contributed by atoms with Gasteiger partial charge in [-0.1, -0.05) is 6.07 Å². The van der Waals surface area contributed by atoms with E-state index in [9.17, 15) is 0 Å². The van der Waals surface area contributed by atoms with Crippen molar-refractivity contribution in [2.45, 2.75) is 38.8 Å². The highest BCUT2D eigenvalue weighted by Crippen LogP contribution is 2.32. The predicted octanol–water partition coefficient (Wildman–Crippen LogP) is 2.96. The maximum absolute atomic E-state index is 5.32. The summed E-state index contributed by atoms with van der Waals surface area (Å²) in [5, 5.41) is 3.63. The fourth-order valence-electron chi connectivity index (χ4n) is 2.96. The molecule has 0 saturated heterocycles. The molecule has 1 heterocycles. The Morgan fingerprint density at radius 3 is 3.05 bits per heavy atom. The molecule has 1 aliphatic rings. The Hall–Kier alpha value is -1.94. The SMILES string of the molecule is COc1ccc2c(c1)CCCC2NCc1ccnc(C)n1. The maximum Gasteiger partial charge on any atom is 0.125 e. The highest BCUT2D eigenvalue weighted by molar-refractivity contribution is 5.39. The number of methoxy groups -OCH3 is 1. The number of benzene rings is 1. The zero-order valence-corrected chi connectivity index (χ0v) is 12.6. The smallest absolute Gasteiger partial charge is 0.125 e. The molecular formula is C17H21N3O. The van der Waals surface area contributed by atoms with Crippen LogP contribution < -0.4 is 10.1 Å². The van der Waals surface area contributed by atoms with Gasteiger partial charge in [0.1, 0.15) is 11.6 Å². The van der Waals surface area contributed by atoms with E-state index in [1.165, 1.54) is 24.0 Å². The quantitative estimate of drug-likeness (QED) is 0.937. The van der Waals surface area contributed by atoms with Crippen molar-refractivity contribution in [1.29, 1.82) is 0 Å². The summed E-state index contributed by atoms with van der Waals surface area (Å²) in [7, 11) is 1.72. The second-order valence-electron chi connectivity index (χ2n) is 5.49. The van der Waals surface area contributed by atoms with Crippen molar-refractivity contribution in [3.8, 4) is 5.75 Å². The molecule has 2 aromatic rings. The lowest BCUT2D eigenvalue weighted by Gasteiger charge is -2.27. The van der Waals surface area contributed by atoms with E-state index in [-0.39, 0.29) is 0 Å². The summed E-state index contributed by atoms with van der Waals surface area (Å²) < 4.78 is 5.32. The van der Waals surface area contributed by atoms with E-state index in [1.807, 2.05) is 25.3 Å². The van der Waals surface area contributed by atoms with Gasteiger partial charge in [0.2, 0.25) is 0 Å². The van der Waals surface area contributed by atoms with Gasteiger partial charge in [0.15, 0.2) is 0 Å². The second-order valence-corrected chi connectivity index (χ2v) is 5.49. The molecule has 1 aliphatic carbocycles. The van der Waals surface area contributed by atoms with Gasteiger partial charge in [0, 0.05) is 18.8 Å². The van der Waals surface area contributed by atoms with Gasteiger partial charge < -0.3 is 10.1 Å². The standard InChI is InChI=1S/C17H21N3O/c1-12-18-9-8-14(20-12)11-19-17-5-3-4-13-10-15(21-2)6-7-16(13)17/h6-10,17,19H,3-5,11H2,1-2H3. The maximum atomic E-state index is 5.32. The van der Waals surface area contributed by atoms with Gasteiger partial charge in [-0.25, -0.2) is 9.97 Å². The van der Waals surface area contributed by atoms with Gasteiger partial charge in [-0.05, 0) is 55.5 Å². The molecule has 0 bridgehead atoms. The zero-order chi connectivity index (χ0) is 14.7. The number of nitrogens with one attached hydrogen (secondary N) is 1. The van der Waals surface area contributed by atoms with E-state index < -0.39 is 0 Å². The summed E-state index contributed by atoms with van der Waals surface area (Å²) in [6.07, 6.45) is 5.33. The van der Waals surface area contributed by atoms with Crippen molar-refractivity contribution < 1.29 is 4.74 Å². The lowest BCUT2D eigenvalue weighted by molar-refractivity contribution is 0.410. The van der Waals surface area contributed by atoms with Crippen LogP contribution in [0, 0.1) is 6.92 Å². The van der Waals surface area contributed by atoms with Crippen LogP contribution in [0.15, 0.2) is 30.5 Å². The van der Waals surface area contributed by atoms with Crippen molar-refractivity contribution >= 4 is 0 Å². The molecule has 1 aromatic heterocycles. The summed E-state index contributed by atoms with van der Waals surface area (Å²) in [5.41, 5.74) is 3.84. The Bertz CT molecular complexity index is 627. The molecule has 0 spiro atoms. The molecule has 3 rings (SSSR count). The van der Waals surface area contributed by atoms with Crippen LogP contribution in [0.25, 0.3) is 0 Å². The van der Waals surface area contributed by atoms with Gasteiger partial charge in [-0.2, -0.15) is 0 Å². The summed E-state index contributed by atoms with van der Waals surface area (Å²) in [4.78, 5) is 8.58. The van der Waals surface area contributed by atoms with Crippen molar-refractivity contribution in [1.82, 2.24) is 15.3 Å². The summed E-state index contributed by atoms with van der Waals surface area (Å²) in [5.74, 6) is 1.77. The third-order valence-electron chi connectivity index (χ3n) is 4.03. The van der Waals surface area contributed by atoms with Gasteiger partial charge in [-0.3, -0.25) is 0 Å². The molecule has 0 amide bonds. The Labute approximate surface area is 125 Å². The van der Waals surface area contributed by atoms with E-state index in [2.05, 4.69) is 27.4 Å². The van der Waals surface area contributed by atoms with Crippen LogP contribution in [0.5, 0.6) is 5.75 Å². The van der Waals surface area contributed by atoms with Crippen LogP contribution >= 0.6 is 0 Å². The van der Waals surface area contributed by atoms with Crippen molar-refractivity contribution in [3.05, 3.63) is 53.1 Å². The normalized spacial score (nSPS) is 17.3. The topological polar surface area (TPSA) is 47.0 Å². The third-order valence-corrected chi connectivity index (χ3v) is 4.03. The molecule has 0 radical (unpaired) electrons. The number of nitrogens with zero attached hydrogens (tertiary/aromatic N) is 2. The van der Waals surface area contributed by atoms with Crippen molar-refractivity contribution in [3.63, 3.8) is 0 Å². The first-order chi connectivity index (χ1) is 10.3. The van der Waals surface area contributed by atoms with E-state index in [0.29, 0.717) is 6.04 Å². The first-order valence-corrected chi connectivity index (χ1v) is 7.45. The average Bonchev–Trinajstić information content (AvgIpc) is 2.52. The molecular weight excluding hydrogens is 262 g/mol. The minimum atomic E-state index is 0.398. The monoisotopic (exact) mass is 283 g/mol. The predicted molar refractivity (Wildman–Crippen MR) is 82.3 cm³/mol. The molecule has 0 fully saturated rings. The first kappa shape index (κ1) is 14.0. The number of rotatable bonds is 4. The Kier molecular flexibility index (Phi) is 4.15. The van der Waals surface area contributed by atoms with Gasteiger partial charge in [-0.15, -0.1) is 0 Å². The van der Waals surface area contributed by atoms with Crippen LogP contribution in [0.4, 0.5) is 0 Å². The largest absolute Gasteiger partial charge is 0.497 e. The number of ether oxygens (including phenoxy) is 1. The van der Waals surface area contributed by atoms with Crippen LogP contribution in [0.1, 0.15) is 41.5 Å². The molecule has 0 saturated carbocycles. The summed E-state index contributed by atoms with van der Waals surface area (Å²) in [6.45, 7) is 2.70. The van der Waals surface area contributed by atoms with Gasteiger partial charge in [0.25, 0.3) is 0 Å². The molecule has 21 heavy (non-hydrogen) atoms. The number of aryl methyl sites for hydroxylation is 2. The lowest BCUT2D eigenvalue weighted by atomic mass is 9.87. The van der Waals surface area contributed by atoms with E-state index in [1.54, 1.807) is 7.11 Å². The lowest BCUT2D eigenvalue weighted by Crippen LogP contribution is -2.25. The van der Waals surface area contributed by atoms with E-state index in [0.717, 1.165) is 30.2 Å². The molecule has 1 unspecified atom stereocenters. The van der Waals surface area contributed by atoms with Crippen LogP contribution in [0.2, 0.25) is 0 Å². The minimum absolute atomic E-state index is 0.398. The van der Waals surface area contributed by atoms with Crippen LogP contribution in [-0.2, 0) is 13.0 Å². The summed E-state index contributed by atoms with van der Waals surface area (Å²) in [6, 6.07) is 8.77. The number of aromatic nitrogens is 2. The average molecular weight is 283 g/mol. The van der Waals surface area contributed by atoms with Gasteiger partial charge >= 0.3 is 0 Å². The van der Waals surface area contributed by atoms with Crippen molar-refractivity contribution in [2.24, 2.45) is 0 Å². The minimum Gasteiger partial charge on any atom is -0.497 e. The molecule has 4 nitrogen and oxygen atoms in total. The third kappa shape index (κ3) is 3.22. The zero-order valence-electron chi connectivity index (χ0n) is 12.6. The fourth-order valence-corrected chi connectivity index (χ4v) is 2.96. The molecule has 1 aromatic carbocycles. The molecule has 4 heteroatoms. The highest BCUT2D eigenvalue weighted by Gasteiger charge is 2.20. The molecule has 0 aliphatic heterocycles. The van der Waals surface area contributed by atoms with Crippen molar-refractivity contribution in [2.75, 3.05) is 7.11 Å².